The van der Waals surface area contributed by atoms with Crippen LogP contribution in [0.3, 0.4) is 0 Å². The second kappa shape index (κ2) is 7.77. The lowest BCUT2D eigenvalue weighted by Crippen LogP contribution is -2.22. The van der Waals surface area contributed by atoms with Crippen LogP contribution in [0.15, 0.2) is 42.5 Å². The standard InChI is InChI=1S/C17H16F3N3O3/c1-10-13(16(21)25)3-2-4-14(10)22-9-15(24)23-11-5-7-12(8-6-11)26-17(18,19)20/h2-8,22H,9H2,1H3,(H2,21,25)(H,23,24). The predicted molar refractivity (Wildman–Crippen MR) is 89.9 cm³/mol. The van der Waals surface area contributed by atoms with Crippen molar-refractivity contribution in [1.29, 1.82) is 0 Å². The minimum atomic E-state index is -4.77. The Balaban J connectivity index is 1.93. The fourth-order valence-corrected chi connectivity index (χ4v) is 2.21. The molecule has 0 saturated carbocycles. The number of nitrogens with one attached hydrogen (secondary N) is 2. The Morgan fingerprint density at radius 3 is 2.35 bits per heavy atom. The summed E-state index contributed by atoms with van der Waals surface area (Å²) < 4.78 is 40.0. The van der Waals surface area contributed by atoms with E-state index in [4.69, 9.17) is 5.73 Å². The second-order valence-corrected chi connectivity index (χ2v) is 5.32. The van der Waals surface area contributed by atoms with Gasteiger partial charge in [0.2, 0.25) is 11.8 Å². The number of alkyl halides is 3. The molecule has 0 heterocycles. The molecule has 138 valence electrons. The van der Waals surface area contributed by atoms with Crippen LogP contribution < -0.4 is 21.1 Å². The van der Waals surface area contributed by atoms with Gasteiger partial charge >= 0.3 is 6.36 Å². The van der Waals surface area contributed by atoms with Crippen LogP contribution in [-0.4, -0.2) is 24.7 Å². The molecule has 0 fully saturated rings. The molecule has 0 spiro atoms. The van der Waals surface area contributed by atoms with Gasteiger partial charge in [-0.25, -0.2) is 0 Å². The van der Waals surface area contributed by atoms with E-state index in [-0.39, 0.29) is 12.3 Å². The highest BCUT2D eigenvalue weighted by Crippen LogP contribution is 2.24. The number of benzene rings is 2. The van der Waals surface area contributed by atoms with E-state index in [2.05, 4.69) is 15.4 Å². The van der Waals surface area contributed by atoms with Crippen LogP contribution >= 0.6 is 0 Å². The number of primary amides is 1. The van der Waals surface area contributed by atoms with Gasteiger partial charge in [-0.1, -0.05) is 6.07 Å². The van der Waals surface area contributed by atoms with Gasteiger partial charge in [0.1, 0.15) is 5.75 Å². The number of hydrogen-bond acceptors (Lipinski definition) is 4. The average Bonchev–Trinajstić information content (AvgIpc) is 2.54. The lowest BCUT2D eigenvalue weighted by atomic mass is 10.1. The lowest BCUT2D eigenvalue weighted by Gasteiger charge is -2.12. The molecule has 2 amide bonds. The third-order valence-electron chi connectivity index (χ3n) is 3.41. The first kappa shape index (κ1) is 19.1. The van der Waals surface area contributed by atoms with Crippen LogP contribution in [0.25, 0.3) is 0 Å². The van der Waals surface area contributed by atoms with Gasteiger partial charge in [-0.05, 0) is 48.9 Å². The van der Waals surface area contributed by atoms with Crippen LogP contribution in [0.1, 0.15) is 15.9 Å². The normalized spacial score (nSPS) is 10.9. The summed E-state index contributed by atoms with van der Waals surface area (Å²) in [5.41, 5.74) is 7.11. The summed E-state index contributed by atoms with van der Waals surface area (Å²) in [6.07, 6.45) is -4.77. The number of hydrogen-bond donors (Lipinski definition) is 3. The molecule has 2 rings (SSSR count). The molecule has 0 unspecified atom stereocenters. The maximum atomic E-state index is 12.1. The fraction of sp³-hybridized carbons (Fsp3) is 0.176. The van der Waals surface area contributed by atoms with Gasteiger partial charge in [0, 0.05) is 16.9 Å². The second-order valence-electron chi connectivity index (χ2n) is 5.32. The number of ether oxygens (including phenoxy) is 1. The van der Waals surface area contributed by atoms with E-state index in [1.807, 2.05) is 0 Å². The Morgan fingerprint density at radius 2 is 1.77 bits per heavy atom. The molecular formula is C17H16F3N3O3. The highest BCUT2D eigenvalue weighted by molar-refractivity contribution is 5.97. The van der Waals surface area contributed by atoms with Crippen molar-refractivity contribution in [2.45, 2.75) is 13.3 Å². The van der Waals surface area contributed by atoms with E-state index < -0.39 is 18.2 Å². The molecule has 6 nitrogen and oxygen atoms in total. The first-order valence-electron chi connectivity index (χ1n) is 7.44. The smallest absolute Gasteiger partial charge is 0.406 e. The van der Waals surface area contributed by atoms with Crippen molar-refractivity contribution in [2.75, 3.05) is 17.2 Å². The quantitative estimate of drug-likeness (QED) is 0.732. The molecular weight excluding hydrogens is 351 g/mol. The van der Waals surface area contributed by atoms with Gasteiger partial charge in [-0.2, -0.15) is 0 Å². The van der Waals surface area contributed by atoms with E-state index in [9.17, 15) is 22.8 Å². The summed E-state index contributed by atoms with van der Waals surface area (Å²) in [5, 5.41) is 5.41. The minimum Gasteiger partial charge on any atom is -0.406 e. The first-order valence-corrected chi connectivity index (χ1v) is 7.44. The lowest BCUT2D eigenvalue weighted by molar-refractivity contribution is -0.274. The molecule has 0 radical (unpaired) electrons. The summed E-state index contributed by atoms with van der Waals surface area (Å²) in [6.45, 7) is 1.59. The van der Waals surface area contributed by atoms with Crippen molar-refractivity contribution < 1.29 is 27.5 Å². The molecule has 0 aliphatic carbocycles. The van der Waals surface area contributed by atoms with Crippen LogP contribution in [0.5, 0.6) is 5.75 Å². The van der Waals surface area contributed by atoms with Crippen molar-refractivity contribution >= 4 is 23.2 Å². The Kier molecular flexibility index (Phi) is 5.71. The van der Waals surface area contributed by atoms with E-state index in [1.165, 1.54) is 12.1 Å². The van der Waals surface area contributed by atoms with E-state index in [0.717, 1.165) is 12.1 Å². The molecule has 0 saturated heterocycles. The van der Waals surface area contributed by atoms with E-state index >= 15 is 0 Å². The van der Waals surface area contributed by atoms with Crippen molar-refractivity contribution in [3.63, 3.8) is 0 Å². The van der Waals surface area contributed by atoms with Gasteiger partial charge in [0.25, 0.3) is 0 Å². The fourth-order valence-electron chi connectivity index (χ4n) is 2.21. The number of nitrogens with two attached hydrogens (primary N) is 1. The Labute approximate surface area is 147 Å². The number of rotatable bonds is 6. The van der Waals surface area contributed by atoms with Crippen LogP contribution in [0.4, 0.5) is 24.5 Å². The summed E-state index contributed by atoms with van der Waals surface area (Å²) in [7, 11) is 0. The number of halogens is 3. The Morgan fingerprint density at radius 1 is 1.12 bits per heavy atom. The first-order chi connectivity index (χ1) is 12.2. The maximum absolute atomic E-state index is 12.1. The molecule has 2 aromatic carbocycles. The molecule has 26 heavy (non-hydrogen) atoms. The Hall–Kier alpha value is -3.23. The number of anilines is 2. The van der Waals surface area contributed by atoms with Gasteiger partial charge in [-0.15, -0.1) is 13.2 Å². The molecule has 4 N–H and O–H groups in total. The molecule has 9 heteroatoms. The van der Waals surface area contributed by atoms with Crippen LogP contribution in [0, 0.1) is 6.92 Å². The molecule has 0 atom stereocenters. The number of carbonyl (C=O) groups excluding carboxylic acids is 2. The highest BCUT2D eigenvalue weighted by atomic mass is 19.4. The van der Waals surface area contributed by atoms with Gasteiger partial charge in [-0.3, -0.25) is 9.59 Å². The molecule has 0 bridgehead atoms. The van der Waals surface area contributed by atoms with Gasteiger partial charge in [0.05, 0.1) is 6.54 Å². The minimum absolute atomic E-state index is 0.107. The van der Waals surface area contributed by atoms with E-state index in [0.29, 0.717) is 22.5 Å². The molecule has 0 aromatic heterocycles. The monoisotopic (exact) mass is 367 g/mol. The summed E-state index contributed by atoms with van der Waals surface area (Å²) >= 11 is 0. The Bertz CT molecular complexity index is 805. The van der Waals surface area contributed by atoms with Crippen molar-refractivity contribution in [3.8, 4) is 5.75 Å². The van der Waals surface area contributed by atoms with Crippen molar-refractivity contribution in [2.24, 2.45) is 5.73 Å². The molecule has 0 aliphatic rings. The SMILES string of the molecule is Cc1c(NCC(=O)Nc2ccc(OC(F)(F)F)cc2)cccc1C(N)=O. The topological polar surface area (TPSA) is 93.4 Å². The zero-order chi connectivity index (χ0) is 19.3. The van der Waals surface area contributed by atoms with E-state index in [1.54, 1.807) is 25.1 Å². The summed E-state index contributed by atoms with van der Waals surface area (Å²) in [4.78, 5) is 23.3. The summed E-state index contributed by atoms with van der Waals surface area (Å²) in [5.74, 6) is -1.37. The van der Waals surface area contributed by atoms with Gasteiger partial charge < -0.3 is 21.1 Å². The van der Waals surface area contributed by atoms with Crippen molar-refractivity contribution in [1.82, 2.24) is 0 Å². The largest absolute Gasteiger partial charge is 0.573 e. The predicted octanol–water partition coefficient (Wildman–Crippen LogP) is 3.04. The highest BCUT2D eigenvalue weighted by Gasteiger charge is 2.30. The zero-order valence-corrected chi connectivity index (χ0v) is 13.7. The maximum Gasteiger partial charge on any atom is 0.573 e. The number of amides is 2. The zero-order valence-electron chi connectivity index (χ0n) is 13.7. The molecule has 0 aliphatic heterocycles. The van der Waals surface area contributed by atoms with Crippen molar-refractivity contribution in [3.05, 3.63) is 53.6 Å². The summed E-state index contributed by atoms with van der Waals surface area (Å²) in [6, 6.07) is 9.67. The number of carbonyl (C=O) groups is 2. The third-order valence-corrected chi connectivity index (χ3v) is 3.41. The van der Waals surface area contributed by atoms with Gasteiger partial charge in [0.15, 0.2) is 0 Å². The van der Waals surface area contributed by atoms with Crippen LogP contribution in [-0.2, 0) is 4.79 Å². The van der Waals surface area contributed by atoms with Crippen LogP contribution in [0.2, 0.25) is 0 Å². The molecule has 2 aromatic rings. The third kappa shape index (κ3) is 5.40. The average molecular weight is 367 g/mol.